The first-order valence-electron chi connectivity index (χ1n) is 8.35. The number of hydrogen-bond donors (Lipinski definition) is 2. The van der Waals surface area contributed by atoms with Crippen molar-refractivity contribution in [3.05, 3.63) is 0 Å². The maximum atomic E-state index is 10.2. The van der Waals surface area contributed by atoms with Crippen LogP contribution in [-0.2, 0) is 0 Å². The van der Waals surface area contributed by atoms with E-state index < -0.39 is 0 Å². The summed E-state index contributed by atoms with van der Waals surface area (Å²) in [6, 6.07) is 1.63. The zero-order valence-electron chi connectivity index (χ0n) is 12.8. The fourth-order valence-corrected chi connectivity index (χ4v) is 3.59. The van der Waals surface area contributed by atoms with Crippen LogP contribution in [0.5, 0.6) is 0 Å². The van der Waals surface area contributed by atoms with Crippen molar-refractivity contribution in [3.8, 4) is 0 Å². The minimum absolute atomic E-state index is 0.119. The van der Waals surface area contributed by atoms with Crippen molar-refractivity contribution < 1.29 is 5.11 Å². The molecule has 112 valence electrons. The lowest BCUT2D eigenvalue weighted by Gasteiger charge is -2.28. The third kappa shape index (κ3) is 4.73. The highest BCUT2D eigenvalue weighted by atomic mass is 16.3. The molecule has 1 aliphatic carbocycles. The van der Waals surface area contributed by atoms with Crippen LogP contribution in [0.25, 0.3) is 0 Å². The third-order valence-electron chi connectivity index (χ3n) is 4.92. The van der Waals surface area contributed by atoms with Crippen LogP contribution >= 0.6 is 0 Å². The summed E-state index contributed by atoms with van der Waals surface area (Å²) < 4.78 is 0. The van der Waals surface area contributed by atoms with Crippen molar-refractivity contribution in [1.29, 1.82) is 0 Å². The van der Waals surface area contributed by atoms with Gasteiger partial charge in [-0.25, -0.2) is 0 Å². The van der Waals surface area contributed by atoms with Gasteiger partial charge in [0.05, 0.1) is 6.10 Å². The SMILES string of the molecule is CC(C)N1CCCC(NC2CCCCCC2O)CC1. The highest BCUT2D eigenvalue weighted by molar-refractivity contribution is 4.84. The Morgan fingerprint density at radius 1 is 0.947 bits per heavy atom. The molecule has 1 saturated heterocycles. The van der Waals surface area contributed by atoms with Gasteiger partial charge in [-0.2, -0.15) is 0 Å². The molecule has 1 saturated carbocycles. The van der Waals surface area contributed by atoms with Gasteiger partial charge in [-0.3, -0.25) is 0 Å². The first kappa shape index (κ1) is 15.3. The van der Waals surface area contributed by atoms with Gasteiger partial charge in [0.2, 0.25) is 0 Å². The Kier molecular flexibility index (Phi) is 6.11. The van der Waals surface area contributed by atoms with E-state index in [0.29, 0.717) is 18.1 Å². The smallest absolute Gasteiger partial charge is 0.0693 e. The normalized spacial score (nSPS) is 35.1. The van der Waals surface area contributed by atoms with Crippen LogP contribution in [-0.4, -0.2) is 47.3 Å². The lowest BCUT2D eigenvalue weighted by atomic mass is 10.0. The van der Waals surface area contributed by atoms with Crippen LogP contribution in [0.4, 0.5) is 0 Å². The maximum absolute atomic E-state index is 10.2. The lowest BCUT2D eigenvalue weighted by molar-refractivity contribution is 0.112. The number of rotatable bonds is 3. The van der Waals surface area contributed by atoms with Crippen LogP contribution in [0.1, 0.15) is 65.2 Å². The van der Waals surface area contributed by atoms with E-state index in [4.69, 9.17) is 0 Å². The summed E-state index contributed by atoms with van der Waals surface area (Å²) in [7, 11) is 0. The third-order valence-corrected chi connectivity index (χ3v) is 4.92. The Morgan fingerprint density at radius 2 is 1.74 bits per heavy atom. The molecule has 0 spiro atoms. The highest BCUT2D eigenvalue weighted by Crippen LogP contribution is 2.21. The van der Waals surface area contributed by atoms with E-state index in [1.54, 1.807) is 0 Å². The van der Waals surface area contributed by atoms with E-state index in [1.165, 1.54) is 51.6 Å². The summed E-state index contributed by atoms with van der Waals surface area (Å²) in [5, 5.41) is 14.0. The van der Waals surface area contributed by atoms with Gasteiger partial charge in [0, 0.05) is 18.1 Å². The molecule has 2 aliphatic rings. The fourth-order valence-electron chi connectivity index (χ4n) is 3.59. The summed E-state index contributed by atoms with van der Waals surface area (Å²) in [5.41, 5.74) is 0. The minimum Gasteiger partial charge on any atom is -0.392 e. The summed E-state index contributed by atoms with van der Waals surface area (Å²) >= 11 is 0. The fraction of sp³-hybridized carbons (Fsp3) is 1.00. The van der Waals surface area contributed by atoms with E-state index >= 15 is 0 Å². The molecule has 0 aromatic heterocycles. The number of aliphatic hydroxyl groups is 1. The van der Waals surface area contributed by atoms with Crippen molar-refractivity contribution in [1.82, 2.24) is 10.2 Å². The van der Waals surface area contributed by atoms with E-state index in [-0.39, 0.29) is 6.10 Å². The first-order chi connectivity index (χ1) is 9.16. The molecule has 1 aliphatic heterocycles. The second-order valence-electron chi connectivity index (χ2n) is 6.74. The molecule has 2 fully saturated rings. The summed E-state index contributed by atoms with van der Waals surface area (Å²) in [5.74, 6) is 0. The first-order valence-corrected chi connectivity index (χ1v) is 8.35. The van der Waals surface area contributed by atoms with Gasteiger partial charge in [0.15, 0.2) is 0 Å². The molecule has 3 nitrogen and oxygen atoms in total. The molecule has 3 heteroatoms. The van der Waals surface area contributed by atoms with E-state index in [1.807, 2.05) is 0 Å². The molecule has 3 unspecified atom stereocenters. The molecule has 0 aromatic carbocycles. The van der Waals surface area contributed by atoms with Crippen LogP contribution in [0.2, 0.25) is 0 Å². The van der Waals surface area contributed by atoms with Crippen molar-refractivity contribution >= 4 is 0 Å². The van der Waals surface area contributed by atoms with E-state index in [2.05, 4.69) is 24.1 Å². The Balaban J connectivity index is 1.81. The number of likely N-dealkylation sites (tertiary alicyclic amines) is 1. The van der Waals surface area contributed by atoms with E-state index in [0.717, 1.165) is 12.8 Å². The Hall–Kier alpha value is -0.120. The predicted molar refractivity (Wildman–Crippen MR) is 80.4 cm³/mol. The monoisotopic (exact) mass is 268 g/mol. The average Bonchev–Trinajstić information content (AvgIpc) is 2.72. The van der Waals surface area contributed by atoms with E-state index in [9.17, 15) is 5.11 Å². The molecular formula is C16H32N2O. The lowest BCUT2D eigenvalue weighted by Crippen LogP contribution is -2.45. The summed E-state index contributed by atoms with van der Waals surface area (Å²) in [6.45, 7) is 7.03. The molecule has 1 heterocycles. The molecule has 0 amide bonds. The Labute approximate surface area is 118 Å². The van der Waals surface area contributed by atoms with Crippen LogP contribution < -0.4 is 5.32 Å². The van der Waals surface area contributed by atoms with Crippen LogP contribution in [0.3, 0.4) is 0 Å². The number of aliphatic hydroxyl groups excluding tert-OH is 1. The Morgan fingerprint density at radius 3 is 2.53 bits per heavy atom. The zero-order valence-corrected chi connectivity index (χ0v) is 12.8. The molecule has 19 heavy (non-hydrogen) atoms. The highest BCUT2D eigenvalue weighted by Gasteiger charge is 2.25. The van der Waals surface area contributed by atoms with Gasteiger partial charge >= 0.3 is 0 Å². The van der Waals surface area contributed by atoms with Crippen LogP contribution in [0.15, 0.2) is 0 Å². The topological polar surface area (TPSA) is 35.5 Å². The van der Waals surface area contributed by atoms with Crippen molar-refractivity contribution in [2.75, 3.05) is 13.1 Å². The summed E-state index contributed by atoms with van der Waals surface area (Å²) in [4.78, 5) is 2.59. The van der Waals surface area contributed by atoms with Gasteiger partial charge in [-0.05, 0) is 59.0 Å². The van der Waals surface area contributed by atoms with Crippen LogP contribution in [0, 0.1) is 0 Å². The molecule has 0 aromatic rings. The van der Waals surface area contributed by atoms with Gasteiger partial charge in [-0.1, -0.05) is 19.3 Å². The van der Waals surface area contributed by atoms with Gasteiger partial charge in [0.1, 0.15) is 0 Å². The van der Waals surface area contributed by atoms with Gasteiger partial charge in [-0.15, -0.1) is 0 Å². The predicted octanol–water partition coefficient (Wildman–Crippen LogP) is 2.53. The number of hydrogen-bond acceptors (Lipinski definition) is 3. The maximum Gasteiger partial charge on any atom is 0.0693 e. The van der Waals surface area contributed by atoms with Crippen molar-refractivity contribution in [2.45, 2.75) is 89.4 Å². The minimum atomic E-state index is -0.119. The van der Waals surface area contributed by atoms with Gasteiger partial charge in [0.25, 0.3) is 0 Å². The average molecular weight is 268 g/mol. The summed E-state index contributed by atoms with van der Waals surface area (Å²) in [6.07, 6.45) is 9.60. The second kappa shape index (κ2) is 7.61. The molecule has 3 atom stereocenters. The zero-order chi connectivity index (χ0) is 13.7. The molecular weight excluding hydrogens is 236 g/mol. The van der Waals surface area contributed by atoms with Crippen molar-refractivity contribution in [2.24, 2.45) is 0 Å². The quantitative estimate of drug-likeness (QED) is 0.772. The second-order valence-corrected chi connectivity index (χ2v) is 6.74. The number of nitrogens with one attached hydrogen (secondary N) is 1. The largest absolute Gasteiger partial charge is 0.392 e. The van der Waals surface area contributed by atoms with Crippen molar-refractivity contribution in [3.63, 3.8) is 0 Å². The standard InChI is InChI=1S/C16H32N2O/c1-13(2)18-11-6-7-14(10-12-18)17-15-8-4-3-5-9-16(15)19/h13-17,19H,3-12H2,1-2H3. The molecule has 2 rings (SSSR count). The molecule has 0 bridgehead atoms. The number of nitrogens with zero attached hydrogens (tertiary/aromatic N) is 1. The molecule has 0 radical (unpaired) electrons. The van der Waals surface area contributed by atoms with Gasteiger partial charge < -0.3 is 15.3 Å². The molecule has 2 N–H and O–H groups in total. The Bertz CT molecular complexity index is 257.